The minimum atomic E-state index is 0.492. The Bertz CT molecular complexity index is 697. The lowest BCUT2D eigenvalue weighted by Gasteiger charge is -2.27. The van der Waals surface area contributed by atoms with Crippen LogP contribution in [0, 0.1) is 0 Å². The van der Waals surface area contributed by atoms with Gasteiger partial charge in [-0.2, -0.15) is 0 Å². The normalized spacial score (nSPS) is 15.2. The molecule has 3 rings (SSSR count). The largest absolute Gasteiger partial charge is 0.496 e. The topological polar surface area (TPSA) is 60.6 Å². The first-order chi connectivity index (χ1) is 11.7. The van der Waals surface area contributed by atoms with Crippen LogP contribution >= 0.6 is 0 Å². The van der Waals surface area contributed by atoms with Crippen molar-refractivity contribution in [3.63, 3.8) is 0 Å². The number of nitrogens with two attached hydrogens (primary N) is 1. The Kier molecular flexibility index (Phi) is 5.20. The average molecular weight is 327 g/mol. The Morgan fingerprint density at radius 3 is 2.46 bits per heavy atom. The van der Waals surface area contributed by atoms with Gasteiger partial charge in [0.05, 0.1) is 19.9 Å². The Morgan fingerprint density at radius 2 is 1.79 bits per heavy atom. The minimum absolute atomic E-state index is 0.492. The van der Waals surface area contributed by atoms with Crippen LogP contribution in [0.4, 0.5) is 5.82 Å². The lowest BCUT2D eigenvalue weighted by molar-refractivity contribution is 0.218. The highest BCUT2D eigenvalue weighted by Gasteiger charge is 2.17. The van der Waals surface area contributed by atoms with Crippen LogP contribution in [0.5, 0.6) is 11.5 Å². The number of ether oxygens (including phenoxy) is 2. The molecule has 0 unspecified atom stereocenters. The summed E-state index contributed by atoms with van der Waals surface area (Å²) in [5, 5.41) is 0. The summed E-state index contributed by atoms with van der Waals surface area (Å²) in [4.78, 5) is 6.88. The van der Waals surface area contributed by atoms with E-state index in [9.17, 15) is 0 Å². The van der Waals surface area contributed by atoms with E-state index < -0.39 is 0 Å². The van der Waals surface area contributed by atoms with Crippen LogP contribution in [-0.2, 0) is 6.54 Å². The molecule has 0 radical (unpaired) electrons. The first kappa shape index (κ1) is 16.6. The molecule has 24 heavy (non-hydrogen) atoms. The number of methoxy groups -OCH3 is 2. The highest BCUT2D eigenvalue weighted by molar-refractivity contribution is 5.71. The van der Waals surface area contributed by atoms with Gasteiger partial charge < -0.3 is 15.2 Å². The van der Waals surface area contributed by atoms with E-state index >= 15 is 0 Å². The Hall–Kier alpha value is -2.27. The van der Waals surface area contributed by atoms with Crippen LogP contribution in [0.15, 0.2) is 30.3 Å². The molecule has 0 amide bonds. The van der Waals surface area contributed by atoms with Crippen molar-refractivity contribution in [3.8, 4) is 22.8 Å². The third-order valence-corrected chi connectivity index (χ3v) is 4.49. The molecule has 0 aliphatic carbocycles. The standard InChI is InChI=1S/C19H25N3O2/c1-23-17-12-15(16-7-6-8-19(20)21-16)18(24-2)11-14(17)13-22-9-4-3-5-10-22/h6-8,11-12H,3-5,9-10,13H2,1-2H3,(H2,20,21). The third kappa shape index (κ3) is 3.62. The fourth-order valence-electron chi connectivity index (χ4n) is 3.24. The lowest BCUT2D eigenvalue weighted by atomic mass is 10.0. The van der Waals surface area contributed by atoms with E-state index in [-0.39, 0.29) is 0 Å². The number of benzene rings is 1. The fourth-order valence-corrected chi connectivity index (χ4v) is 3.24. The van der Waals surface area contributed by atoms with Crippen LogP contribution in [0.25, 0.3) is 11.3 Å². The van der Waals surface area contributed by atoms with Crippen molar-refractivity contribution in [3.05, 3.63) is 35.9 Å². The SMILES string of the molecule is COc1cc(-c2cccc(N)n2)c(OC)cc1CN1CCCCC1. The highest BCUT2D eigenvalue weighted by atomic mass is 16.5. The van der Waals surface area contributed by atoms with Crippen molar-refractivity contribution in [2.24, 2.45) is 0 Å². The summed E-state index contributed by atoms with van der Waals surface area (Å²) in [5.41, 5.74) is 8.64. The monoisotopic (exact) mass is 327 g/mol. The van der Waals surface area contributed by atoms with Crippen molar-refractivity contribution in [2.45, 2.75) is 25.8 Å². The number of hydrogen-bond acceptors (Lipinski definition) is 5. The van der Waals surface area contributed by atoms with Crippen molar-refractivity contribution in [1.82, 2.24) is 9.88 Å². The molecule has 1 aromatic carbocycles. The maximum atomic E-state index is 5.82. The number of rotatable bonds is 5. The number of nitrogens with zero attached hydrogens (tertiary/aromatic N) is 2. The number of pyridine rings is 1. The van der Waals surface area contributed by atoms with Gasteiger partial charge >= 0.3 is 0 Å². The van der Waals surface area contributed by atoms with Crippen LogP contribution < -0.4 is 15.2 Å². The molecule has 1 aliphatic heterocycles. The van der Waals surface area contributed by atoms with Gasteiger partial charge in [0.15, 0.2) is 0 Å². The zero-order valence-electron chi connectivity index (χ0n) is 14.4. The average Bonchev–Trinajstić information content (AvgIpc) is 2.62. The van der Waals surface area contributed by atoms with E-state index in [0.717, 1.165) is 48.0 Å². The van der Waals surface area contributed by atoms with Gasteiger partial charge in [-0.15, -0.1) is 0 Å². The fraction of sp³-hybridized carbons (Fsp3) is 0.421. The molecule has 2 heterocycles. The summed E-state index contributed by atoms with van der Waals surface area (Å²) in [6, 6.07) is 9.66. The van der Waals surface area contributed by atoms with Gasteiger partial charge in [-0.25, -0.2) is 4.98 Å². The second-order valence-electron chi connectivity index (χ2n) is 6.15. The van der Waals surface area contributed by atoms with Crippen LogP contribution in [-0.4, -0.2) is 37.2 Å². The van der Waals surface area contributed by atoms with E-state index in [2.05, 4.69) is 16.0 Å². The number of hydrogen-bond donors (Lipinski definition) is 1. The first-order valence-corrected chi connectivity index (χ1v) is 8.41. The lowest BCUT2D eigenvalue weighted by Crippen LogP contribution is -2.29. The maximum absolute atomic E-state index is 5.82. The summed E-state index contributed by atoms with van der Waals surface area (Å²) in [5.74, 6) is 2.15. The molecule has 5 nitrogen and oxygen atoms in total. The van der Waals surface area contributed by atoms with Gasteiger partial charge in [0.2, 0.25) is 0 Å². The van der Waals surface area contributed by atoms with Gasteiger partial charge in [-0.05, 0) is 50.2 Å². The molecule has 0 bridgehead atoms. The molecule has 2 N–H and O–H groups in total. The Balaban J connectivity index is 1.96. The molecule has 5 heteroatoms. The van der Waals surface area contributed by atoms with Crippen LogP contribution in [0.2, 0.25) is 0 Å². The zero-order valence-corrected chi connectivity index (χ0v) is 14.4. The molecule has 0 saturated carbocycles. The van der Waals surface area contributed by atoms with E-state index in [1.165, 1.54) is 19.3 Å². The van der Waals surface area contributed by atoms with Crippen LogP contribution in [0.1, 0.15) is 24.8 Å². The van der Waals surface area contributed by atoms with Crippen LogP contribution in [0.3, 0.4) is 0 Å². The second-order valence-corrected chi connectivity index (χ2v) is 6.15. The highest BCUT2D eigenvalue weighted by Crippen LogP contribution is 2.36. The maximum Gasteiger partial charge on any atom is 0.128 e. The Morgan fingerprint density at radius 1 is 1.04 bits per heavy atom. The molecule has 1 saturated heterocycles. The van der Waals surface area contributed by atoms with Gasteiger partial charge in [0.1, 0.15) is 17.3 Å². The summed E-state index contributed by atoms with van der Waals surface area (Å²) in [7, 11) is 3.39. The van der Waals surface area contributed by atoms with Crippen molar-refractivity contribution in [1.29, 1.82) is 0 Å². The van der Waals surface area contributed by atoms with Crippen molar-refractivity contribution in [2.75, 3.05) is 33.0 Å². The van der Waals surface area contributed by atoms with E-state index in [0.29, 0.717) is 5.82 Å². The molecule has 1 aromatic heterocycles. The summed E-state index contributed by atoms with van der Waals surface area (Å²) >= 11 is 0. The predicted octanol–water partition coefficient (Wildman–Crippen LogP) is 3.33. The molecule has 1 fully saturated rings. The van der Waals surface area contributed by atoms with Gasteiger partial charge in [-0.3, -0.25) is 4.90 Å². The molecular weight excluding hydrogens is 302 g/mol. The molecule has 128 valence electrons. The van der Waals surface area contributed by atoms with E-state index in [1.54, 1.807) is 20.3 Å². The second kappa shape index (κ2) is 7.53. The predicted molar refractivity (Wildman–Crippen MR) is 96.3 cm³/mol. The Labute approximate surface area is 143 Å². The summed E-state index contributed by atoms with van der Waals surface area (Å²) in [6.45, 7) is 3.16. The number of aromatic nitrogens is 1. The van der Waals surface area contributed by atoms with Crippen molar-refractivity contribution < 1.29 is 9.47 Å². The number of piperidine rings is 1. The number of anilines is 1. The van der Waals surface area contributed by atoms with Gasteiger partial charge in [0.25, 0.3) is 0 Å². The third-order valence-electron chi connectivity index (χ3n) is 4.49. The van der Waals surface area contributed by atoms with E-state index in [4.69, 9.17) is 15.2 Å². The molecule has 2 aromatic rings. The molecular formula is C19H25N3O2. The molecule has 0 atom stereocenters. The number of likely N-dealkylation sites (tertiary alicyclic amines) is 1. The van der Waals surface area contributed by atoms with Crippen molar-refractivity contribution >= 4 is 5.82 Å². The quantitative estimate of drug-likeness (QED) is 0.913. The van der Waals surface area contributed by atoms with Gasteiger partial charge in [-0.1, -0.05) is 12.5 Å². The summed E-state index contributed by atoms with van der Waals surface area (Å²) < 4.78 is 11.3. The first-order valence-electron chi connectivity index (χ1n) is 8.41. The molecule has 0 spiro atoms. The van der Waals surface area contributed by atoms with Gasteiger partial charge in [0, 0.05) is 17.7 Å². The smallest absolute Gasteiger partial charge is 0.128 e. The van der Waals surface area contributed by atoms with E-state index in [1.807, 2.05) is 18.2 Å². The zero-order chi connectivity index (χ0) is 16.9. The summed E-state index contributed by atoms with van der Waals surface area (Å²) in [6.07, 6.45) is 3.87. The number of nitrogen functional groups attached to an aromatic ring is 1. The molecule has 1 aliphatic rings. The minimum Gasteiger partial charge on any atom is -0.496 e.